The van der Waals surface area contributed by atoms with E-state index < -0.39 is 0 Å². The number of carbonyl (C=O) groups excluding carboxylic acids is 1. The highest BCUT2D eigenvalue weighted by molar-refractivity contribution is 5.79. The minimum absolute atomic E-state index is 0.254. The molecule has 94 valence electrons. The summed E-state index contributed by atoms with van der Waals surface area (Å²) in [5.74, 6) is 0.629. The Labute approximate surface area is 98.0 Å². The van der Waals surface area contributed by atoms with Gasteiger partial charge in [0.15, 0.2) is 0 Å². The van der Waals surface area contributed by atoms with E-state index in [0.29, 0.717) is 11.3 Å². The molecule has 4 heteroatoms. The lowest BCUT2D eigenvalue weighted by Crippen LogP contribution is -2.36. The minimum Gasteiger partial charge on any atom is -0.400 e. The fourth-order valence-corrected chi connectivity index (χ4v) is 2.42. The summed E-state index contributed by atoms with van der Waals surface area (Å²) in [5.41, 5.74) is 0.335. The molecule has 2 heterocycles. The van der Waals surface area contributed by atoms with Gasteiger partial charge in [-0.1, -0.05) is 13.8 Å². The normalized spacial score (nSPS) is 27.5. The van der Waals surface area contributed by atoms with Gasteiger partial charge in [0.05, 0.1) is 5.92 Å². The molecule has 1 atom stereocenters. The average Bonchev–Trinajstić information content (AvgIpc) is 2.89. The highest BCUT2D eigenvalue weighted by atomic mass is 16.2. The number of hydrogen-bond donors (Lipinski definition) is 2. The number of hydrogen-bond acceptors (Lipinski definition) is 3. The molecule has 2 N–H and O–H groups in total. The molecular formula is C12H24N2O2. The van der Waals surface area contributed by atoms with Gasteiger partial charge in [-0.2, -0.15) is 0 Å². The maximum absolute atomic E-state index is 12.0. The van der Waals surface area contributed by atoms with Crippen molar-refractivity contribution in [3.8, 4) is 0 Å². The van der Waals surface area contributed by atoms with E-state index >= 15 is 0 Å². The fraction of sp³-hybridized carbons (Fsp3) is 0.917. The maximum Gasteiger partial charge on any atom is 0.227 e. The maximum atomic E-state index is 12.0. The van der Waals surface area contributed by atoms with Crippen molar-refractivity contribution in [3.05, 3.63) is 0 Å². The number of nitrogens with zero attached hydrogens (tertiary/aromatic N) is 1. The van der Waals surface area contributed by atoms with E-state index in [9.17, 15) is 4.79 Å². The van der Waals surface area contributed by atoms with Crippen LogP contribution in [0.5, 0.6) is 0 Å². The van der Waals surface area contributed by atoms with Crippen molar-refractivity contribution in [1.82, 2.24) is 10.2 Å². The summed E-state index contributed by atoms with van der Waals surface area (Å²) in [4.78, 5) is 14.1. The van der Waals surface area contributed by atoms with Gasteiger partial charge in [0.2, 0.25) is 5.91 Å². The van der Waals surface area contributed by atoms with Crippen LogP contribution in [0.15, 0.2) is 0 Å². The van der Waals surface area contributed by atoms with Crippen molar-refractivity contribution in [3.63, 3.8) is 0 Å². The van der Waals surface area contributed by atoms with Crippen molar-refractivity contribution in [2.24, 2.45) is 11.3 Å². The van der Waals surface area contributed by atoms with Gasteiger partial charge in [0.1, 0.15) is 0 Å². The van der Waals surface area contributed by atoms with Crippen LogP contribution in [-0.2, 0) is 4.79 Å². The summed E-state index contributed by atoms with van der Waals surface area (Å²) < 4.78 is 0. The number of nitrogens with one attached hydrogen (secondary N) is 1. The molecule has 2 rings (SSSR count). The number of carbonyl (C=O) groups is 1. The molecule has 0 bridgehead atoms. The van der Waals surface area contributed by atoms with Crippen LogP contribution in [0.4, 0.5) is 0 Å². The summed E-state index contributed by atoms with van der Waals surface area (Å²) in [6.07, 6.45) is 2.18. The molecule has 1 amide bonds. The summed E-state index contributed by atoms with van der Waals surface area (Å²) in [5, 5.41) is 10.2. The molecule has 16 heavy (non-hydrogen) atoms. The van der Waals surface area contributed by atoms with Crippen molar-refractivity contribution < 1.29 is 9.90 Å². The number of aliphatic hydroxyl groups excluding tert-OH is 1. The Bertz CT molecular complexity index is 235. The van der Waals surface area contributed by atoms with E-state index in [0.717, 1.165) is 46.1 Å². The Kier molecular flexibility index (Phi) is 4.74. The van der Waals surface area contributed by atoms with Crippen LogP contribution in [0.25, 0.3) is 0 Å². The Morgan fingerprint density at radius 3 is 2.56 bits per heavy atom. The van der Waals surface area contributed by atoms with Crippen LogP contribution in [0.2, 0.25) is 0 Å². The zero-order chi connectivity index (χ0) is 12.2. The highest BCUT2D eigenvalue weighted by Crippen LogP contribution is 2.30. The first kappa shape index (κ1) is 13.5. The monoisotopic (exact) mass is 228 g/mol. The standard InChI is InChI=1S/C11H20N2O.CH4O/c1-11(2)4-6-13(8-11)10(14)9-3-5-12-7-9;1-2/h9,12H,3-8H2,1-2H3;2H,1H3. The quantitative estimate of drug-likeness (QED) is 0.685. The van der Waals surface area contributed by atoms with E-state index in [2.05, 4.69) is 24.1 Å². The van der Waals surface area contributed by atoms with Crippen molar-refractivity contribution >= 4 is 5.91 Å². The van der Waals surface area contributed by atoms with Crippen LogP contribution in [-0.4, -0.2) is 49.2 Å². The van der Waals surface area contributed by atoms with E-state index in [1.165, 1.54) is 0 Å². The summed E-state index contributed by atoms with van der Waals surface area (Å²) >= 11 is 0. The van der Waals surface area contributed by atoms with Crippen LogP contribution < -0.4 is 5.32 Å². The van der Waals surface area contributed by atoms with Gasteiger partial charge >= 0.3 is 0 Å². The van der Waals surface area contributed by atoms with E-state index in [1.54, 1.807) is 0 Å². The first-order chi connectivity index (χ1) is 7.58. The van der Waals surface area contributed by atoms with E-state index in [1.807, 2.05) is 0 Å². The van der Waals surface area contributed by atoms with Crippen LogP contribution in [0.1, 0.15) is 26.7 Å². The molecule has 4 nitrogen and oxygen atoms in total. The zero-order valence-corrected chi connectivity index (χ0v) is 10.6. The first-order valence-corrected chi connectivity index (χ1v) is 6.03. The van der Waals surface area contributed by atoms with Crippen LogP contribution in [0.3, 0.4) is 0 Å². The lowest BCUT2D eigenvalue weighted by Gasteiger charge is -2.22. The minimum atomic E-state index is 0.254. The van der Waals surface area contributed by atoms with Gasteiger partial charge in [-0.15, -0.1) is 0 Å². The molecule has 2 aliphatic heterocycles. The number of likely N-dealkylation sites (tertiary alicyclic amines) is 1. The smallest absolute Gasteiger partial charge is 0.227 e. The largest absolute Gasteiger partial charge is 0.400 e. The molecule has 2 saturated heterocycles. The summed E-state index contributed by atoms with van der Waals surface area (Å²) in [6, 6.07) is 0. The Morgan fingerprint density at radius 1 is 1.44 bits per heavy atom. The Hall–Kier alpha value is -0.610. The topological polar surface area (TPSA) is 52.6 Å². The first-order valence-electron chi connectivity index (χ1n) is 6.03. The van der Waals surface area contributed by atoms with Crippen LogP contribution in [0, 0.1) is 11.3 Å². The molecule has 0 aromatic rings. The Morgan fingerprint density at radius 2 is 2.12 bits per heavy atom. The SMILES string of the molecule is CC1(C)CCN(C(=O)C2CCNC2)C1.CO. The van der Waals surface area contributed by atoms with Crippen molar-refractivity contribution in [2.45, 2.75) is 26.7 Å². The molecule has 0 spiro atoms. The number of amides is 1. The molecule has 0 aromatic heterocycles. The van der Waals surface area contributed by atoms with E-state index in [-0.39, 0.29) is 5.92 Å². The van der Waals surface area contributed by atoms with Gasteiger partial charge in [-0.3, -0.25) is 4.79 Å². The molecule has 0 saturated carbocycles. The second-order valence-corrected chi connectivity index (χ2v) is 5.36. The predicted molar refractivity (Wildman–Crippen MR) is 64.1 cm³/mol. The van der Waals surface area contributed by atoms with E-state index in [4.69, 9.17) is 5.11 Å². The van der Waals surface area contributed by atoms with Crippen molar-refractivity contribution in [1.29, 1.82) is 0 Å². The number of aliphatic hydroxyl groups is 1. The van der Waals surface area contributed by atoms with Crippen LogP contribution >= 0.6 is 0 Å². The third-order valence-corrected chi connectivity index (χ3v) is 3.40. The zero-order valence-electron chi connectivity index (χ0n) is 10.6. The lowest BCUT2D eigenvalue weighted by atomic mass is 9.93. The lowest BCUT2D eigenvalue weighted by molar-refractivity contribution is -0.134. The summed E-state index contributed by atoms with van der Waals surface area (Å²) in [6.45, 7) is 8.29. The summed E-state index contributed by atoms with van der Waals surface area (Å²) in [7, 11) is 1.00. The van der Waals surface area contributed by atoms with Gasteiger partial charge in [-0.05, 0) is 24.8 Å². The fourth-order valence-electron chi connectivity index (χ4n) is 2.42. The van der Waals surface area contributed by atoms with Gasteiger partial charge < -0.3 is 15.3 Å². The highest BCUT2D eigenvalue weighted by Gasteiger charge is 2.35. The molecule has 0 aromatic carbocycles. The molecule has 2 aliphatic rings. The molecule has 0 radical (unpaired) electrons. The second-order valence-electron chi connectivity index (χ2n) is 5.36. The molecule has 2 fully saturated rings. The van der Waals surface area contributed by atoms with Gasteiger partial charge in [0.25, 0.3) is 0 Å². The predicted octanol–water partition coefficient (Wildman–Crippen LogP) is 0.463. The average molecular weight is 228 g/mol. The third-order valence-electron chi connectivity index (χ3n) is 3.40. The van der Waals surface area contributed by atoms with Crippen molar-refractivity contribution in [2.75, 3.05) is 33.3 Å². The molecule has 0 aliphatic carbocycles. The molecular weight excluding hydrogens is 204 g/mol. The molecule has 1 unspecified atom stereocenters. The van der Waals surface area contributed by atoms with Gasteiger partial charge in [-0.25, -0.2) is 0 Å². The van der Waals surface area contributed by atoms with Gasteiger partial charge in [0, 0.05) is 26.7 Å². The second kappa shape index (κ2) is 5.64. The number of rotatable bonds is 1. The third kappa shape index (κ3) is 3.19. The Balaban J connectivity index is 0.000000606.